The fraction of sp³-hybridized carbons (Fsp3) is 0.118. The van der Waals surface area contributed by atoms with Gasteiger partial charge in [0, 0.05) is 11.9 Å². The van der Waals surface area contributed by atoms with E-state index in [0.29, 0.717) is 0 Å². The average Bonchev–Trinajstić information content (AvgIpc) is 2.89. The molecule has 0 aliphatic carbocycles. The SMILES string of the molecule is COc1ccccc1Nc1nc(C)cn1-c1ccccc1. The molecular formula is C17H17N3O. The highest BCUT2D eigenvalue weighted by atomic mass is 16.5. The van der Waals surface area contributed by atoms with Crippen molar-refractivity contribution in [3.63, 3.8) is 0 Å². The number of hydrogen-bond donors (Lipinski definition) is 1. The van der Waals surface area contributed by atoms with Crippen LogP contribution in [0.15, 0.2) is 60.8 Å². The maximum absolute atomic E-state index is 5.37. The van der Waals surface area contributed by atoms with E-state index in [-0.39, 0.29) is 0 Å². The van der Waals surface area contributed by atoms with Crippen LogP contribution < -0.4 is 10.1 Å². The van der Waals surface area contributed by atoms with Gasteiger partial charge < -0.3 is 10.1 Å². The summed E-state index contributed by atoms with van der Waals surface area (Å²) in [6, 6.07) is 17.9. The molecule has 3 aromatic rings. The predicted octanol–water partition coefficient (Wildman–Crippen LogP) is 3.93. The Morgan fingerprint density at radius 1 is 1.00 bits per heavy atom. The molecule has 106 valence electrons. The second kappa shape index (κ2) is 5.71. The zero-order valence-corrected chi connectivity index (χ0v) is 12.1. The highest BCUT2D eigenvalue weighted by molar-refractivity contribution is 5.64. The van der Waals surface area contributed by atoms with Crippen molar-refractivity contribution in [3.8, 4) is 11.4 Å². The lowest BCUT2D eigenvalue weighted by Gasteiger charge is -2.12. The Labute approximate surface area is 124 Å². The van der Waals surface area contributed by atoms with Crippen molar-refractivity contribution in [1.82, 2.24) is 9.55 Å². The minimum absolute atomic E-state index is 0.767. The second-order valence-electron chi connectivity index (χ2n) is 4.74. The van der Waals surface area contributed by atoms with Crippen molar-refractivity contribution in [3.05, 3.63) is 66.5 Å². The molecule has 0 saturated carbocycles. The number of aromatic nitrogens is 2. The molecule has 0 bridgehead atoms. The molecule has 0 saturated heterocycles. The van der Waals surface area contributed by atoms with Crippen LogP contribution in [0.25, 0.3) is 5.69 Å². The van der Waals surface area contributed by atoms with E-state index in [1.807, 2.05) is 60.2 Å². The fourth-order valence-corrected chi connectivity index (χ4v) is 2.24. The molecular weight excluding hydrogens is 262 g/mol. The van der Waals surface area contributed by atoms with Crippen LogP contribution in [0.2, 0.25) is 0 Å². The summed E-state index contributed by atoms with van der Waals surface area (Å²) in [7, 11) is 1.66. The van der Waals surface area contributed by atoms with Gasteiger partial charge in [0.2, 0.25) is 5.95 Å². The number of rotatable bonds is 4. The van der Waals surface area contributed by atoms with Crippen LogP contribution in [-0.4, -0.2) is 16.7 Å². The number of imidazole rings is 1. The van der Waals surface area contributed by atoms with E-state index >= 15 is 0 Å². The summed E-state index contributed by atoms with van der Waals surface area (Å²) >= 11 is 0. The van der Waals surface area contributed by atoms with Crippen molar-refractivity contribution < 1.29 is 4.74 Å². The third-order valence-corrected chi connectivity index (χ3v) is 3.21. The van der Waals surface area contributed by atoms with Crippen LogP contribution in [0.4, 0.5) is 11.6 Å². The van der Waals surface area contributed by atoms with Gasteiger partial charge in [0.1, 0.15) is 5.75 Å². The largest absolute Gasteiger partial charge is 0.495 e. The van der Waals surface area contributed by atoms with Gasteiger partial charge in [-0.25, -0.2) is 4.98 Å². The average molecular weight is 279 g/mol. The first-order chi connectivity index (χ1) is 10.3. The maximum Gasteiger partial charge on any atom is 0.212 e. The number of anilines is 2. The fourth-order valence-electron chi connectivity index (χ4n) is 2.24. The molecule has 0 unspecified atom stereocenters. The highest BCUT2D eigenvalue weighted by Gasteiger charge is 2.10. The second-order valence-corrected chi connectivity index (χ2v) is 4.74. The van der Waals surface area contributed by atoms with Gasteiger partial charge in [-0.15, -0.1) is 0 Å². The first-order valence-electron chi connectivity index (χ1n) is 6.79. The van der Waals surface area contributed by atoms with Crippen molar-refractivity contribution >= 4 is 11.6 Å². The quantitative estimate of drug-likeness (QED) is 0.786. The van der Waals surface area contributed by atoms with Gasteiger partial charge in [-0.3, -0.25) is 4.57 Å². The van der Waals surface area contributed by atoms with Crippen LogP contribution in [0.3, 0.4) is 0 Å². The Kier molecular flexibility index (Phi) is 3.60. The number of benzene rings is 2. The number of nitrogens with one attached hydrogen (secondary N) is 1. The molecule has 4 heteroatoms. The summed E-state index contributed by atoms with van der Waals surface area (Å²) in [6.45, 7) is 1.98. The number of ether oxygens (including phenoxy) is 1. The summed E-state index contributed by atoms with van der Waals surface area (Å²) < 4.78 is 7.40. The number of hydrogen-bond acceptors (Lipinski definition) is 3. The molecule has 1 aromatic heterocycles. The lowest BCUT2D eigenvalue weighted by Crippen LogP contribution is -2.02. The molecule has 0 atom stereocenters. The Bertz CT molecular complexity index is 735. The van der Waals surface area contributed by atoms with E-state index in [4.69, 9.17) is 4.74 Å². The van der Waals surface area contributed by atoms with Crippen molar-refractivity contribution in [2.45, 2.75) is 6.92 Å². The van der Waals surface area contributed by atoms with Gasteiger partial charge >= 0.3 is 0 Å². The topological polar surface area (TPSA) is 39.1 Å². The summed E-state index contributed by atoms with van der Waals surface area (Å²) in [6.07, 6.45) is 2.01. The summed E-state index contributed by atoms with van der Waals surface area (Å²) in [4.78, 5) is 4.55. The van der Waals surface area contributed by atoms with Gasteiger partial charge in [0.15, 0.2) is 0 Å². The van der Waals surface area contributed by atoms with Crippen LogP contribution in [0, 0.1) is 6.92 Å². The predicted molar refractivity (Wildman–Crippen MR) is 84.6 cm³/mol. The lowest BCUT2D eigenvalue weighted by atomic mass is 10.3. The van der Waals surface area contributed by atoms with Crippen LogP contribution in [-0.2, 0) is 0 Å². The van der Waals surface area contributed by atoms with E-state index in [2.05, 4.69) is 22.4 Å². The molecule has 0 fully saturated rings. The maximum atomic E-state index is 5.37. The van der Waals surface area contributed by atoms with Gasteiger partial charge in [-0.1, -0.05) is 30.3 Å². The van der Waals surface area contributed by atoms with Gasteiger partial charge in [0.25, 0.3) is 0 Å². The van der Waals surface area contributed by atoms with Crippen LogP contribution >= 0.6 is 0 Å². The van der Waals surface area contributed by atoms with Crippen molar-refractivity contribution in [2.75, 3.05) is 12.4 Å². The van der Waals surface area contributed by atoms with Gasteiger partial charge in [-0.2, -0.15) is 0 Å². The minimum atomic E-state index is 0.767. The van der Waals surface area contributed by atoms with Crippen LogP contribution in [0.5, 0.6) is 5.75 Å². The van der Waals surface area contributed by atoms with E-state index in [9.17, 15) is 0 Å². The molecule has 0 spiro atoms. The third kappa shape index (κ3) is 2.74. The molecule has 1 N–H and O–H groups in total. The number of para-hydroxylation sites is 3. The van der Waals surface area contributed by atoms with Gasteiger partial charge in [0.05, 0.1) is 18.5 Å². The number of nitrogens with zero attached hydrogens (tertiary/aromatic N) is 2. The Balaban J connectivity index is 2.00. The zero-order chi connectivity index (χ0) is 14.7. The Morgan fingerprint density at radius 3 is 2.48 bits per heavy atom. The van der Waals surface area contributed by atoms with Crippen molar-refractivity contribution in [1.29, 1.82) is 0 Å². The van der Waals surface area contributed by atoms with Crippen molar-refractivity contribution in [2.24, 2.45) is 0 Å². The summed E-state index contributed by atoms with van der Waals surface area (Å²) in [5, 5.41) is 3.34. The Hall–Kier alpha value is -2.75. The molecule has 0 aliphatic heterocycles. The monoisotopic (exact) mass is 279 g/mol. The molecule has 2 aromatic carbocycles. The number of methoxy groups -OCH3 is 1. The molecule has 0 radical (unpaired) electrons. The van der Waals surface area contributed by atoms with Gasteiger partial charge in [-0.05, 0) is 31.2 Å². The Morgan fingerprint density at radius 2 is 1.71 bits per heavy atom. The highest BCUT2D eigenvalue weighted by Crippen LogP contribution is 2.27. The first kappa shape index (κ1) is 13.2. The number of aryl methyl sites for hydroxylation is 1. The molecule has 0 aliphatic rings. The molecule has 3 rings (SSSR count). The zero-order valence-electron chi connectivity index (χ0n) is 12.1. The smallest absolute Gasteiger partial charge is 0.212 e. The lowest BCUT2D eigenvalue weighted by molar-refractivity contribution is 0.417. The van der Waals surface area contributed by atoms with E-state index in [1.165, 1.54) is 0 Å². The molecule has 21 heavy (non-hydrogen) atoms. The molecule has 1 heterocycles. The minimum Gasteiger partial charge on any atom is -0.495 e. The van der Waals surface area contributed by atoms with E-state index < -0.39 is 0 Å². The van der Waals surface area contributed by atoms with E-state index in [0.717, 1.165) is 28.8 Å². The summed E-state index contributed by atoms with van der Waals surface area (Å²) in [5.74, 6) is 1.56. The first-order valence-corrected chi connectivity index (χ1v) is 6.79. The summed E-state index contributed by atoms with van der Waals surface area (Å²) in [5.41, 5.74) is 2.91. The van der Waals surface area contributed by atoms with Crippen LogP contribution in [0.1, 0.15) is 5.69 Å². The third-order valence-electron chi connectivity index (χ3n) is 3.21. The molecule has 0 amide bonds. The van der Waals surface area contributed by atoms with E-state index in [1.54, 1.807) is 7.11 Å². The molecule has 4 nitrogen and oxygen atoms in total. The standard InChI is InChI=1S/C17H17N3O/c1-13-12-20(14-8-4-3-5-9-14)17(18-13)19-15-10-6-7-11-16(15)21-2/h3-12H,1-2H3,(H,18,19). The normalized spacial score (nSPS) is 10.4.